The fraction of sp³-hybridized carbons (Fsp3) is 0.538. The van der Waals surface area contributed by atoms with Crippen LogP contribution in [0.2, 0.25) is 0 Å². The molecule has 0 bridgehead atoms. The average Bonchev–Trinajstić information content (AvgIpc) is 2.36. The number of piperazine rings is 1. The molecular formula is C13H18BrFN2. The van der Waals surface area contributed by atoms with Crippen LogP contribution in [0.1, 0.15) is 17.2 Å². The Balaban J connectivity index is 2.24. The van der Waals surface area contributed by atoms with Gasteiger partial charge in [0.05, 0.1) is 6.04 Å². The zero-order valence-electron chi connectivity index (χ0n) is 10.0. The van der Waals surface area contributed by atoms with Crippen LogP contribution in [0.25, 0.3) is 0 Å². The van der Waals surface area contributed by atoms with E-state index in [-0.39, 0.29) is 12.7 Å². The van der Waals surface area contributed by atoms with Gasteiger partial charge in [-0.05, 0) is 30.2 Å². The van der Waals surface area contributed by atoms with Crippen LogP contribution in [0.5, 0.6) is 0 Å². The maximum absolute atomic E-state index is 13.4. The smallest absolute Gasteiger partial charge is 0.109 e. The van der Waals surface area contributed by atoms with E-state index < -0.39 is 0 Å². The number of hydrogen-bond donors (Lipinski definition) is 1. The molecule has 1 saturated heterocycles. The van der Waals surface area contributed by atoms with Crippen molar-refractivity contribution in [2.75, 3.05) is 32.9 Å². The molecule has 1 heterocycles. The Labute approximate surface area is 110 Å². The zero-order valence-corrected chi connectivity index (χ0v) is 11.6. The van der Waals surface area contributed by atoms with Crippen molar-refractivity contribution in [2.45, 2.75) is 13.0 Å². The highest BCUT2D eigenvalue weighted by Gasteiger charge is 2.23. The first-order valence-corrected chi connectivity index (χ1v) is 6.78. The minimum Gasteiger partial charge on any atom is -0.314 e. The highest BCUT2D eigenvalue weighted by Crippen LogP contribution is 2.27. The van der Waals surface area contributed by atoms with Gasteiger partial charge in [-0.2, -0.15) is 0 Å². The second kappa shape index (κ2) is 5.94. The molecule has 4 heteroatoms. The standard InChI is InChI=1S/C13H18BrFN2/c1-10-2-3-11(14)8-12(10)13(9-15)17-6-4-16-5-7-17/h2-3,8,13,16H,4-7,9H2,1H3/t13-/m1/s1. The van der Waals surface area contributed by atoms with Gasteiger partial charge in [-0.25, -0.2) is 4.39 Å². The summed E-state index contributed by atoms with van der Waals surface area (Å²) in [4.78, 5) is 2.23. The molecule has 1 N–H and O–H groups in total. The second-order valence-corrected chi connectivity index (χ2v) is 5.37. The van der Waals surface area contributed by atoms with Crippen molar-refractivity contribution < 1.29 is 4.39 Å². The summed E-state index contributed by atoms with van der Waals surface area (Å²) in [6, 6.07) is 5.99. The fourth-order valence-corrected chi connectivity index (χ4v) is 2.72. The molecule has 1 aromatic carbocycles. The summed E-state index contributed by atoms with van der Waals surface area (Å²) in [7, 11) is 0. The summed E-state index contributed by atoms with van der Waals surface area (Å²) >= 11 is 3.46. The van der Waals surface area contributed by atoms with Gasteiger partial charge in [0.25, 0.3) is 0 Å². The minimum absolute atomic E-state index is 0.102. The molecule has 94 valence electrons. The monoisotopic (exact) mass is 300 g/mol. The molecule has 1 aliphatic heterocycles. The van der Waals surface area contributed by atoms with Gasteiger partial charge in [0.1, 0.15) is 6.67 Å². The normalized spacial score (nSPS) is 19.2. The quantitative estimate of drug-likeness (QED) is 0.923. The molecule has 2 rings (SSSR count). The van der Waals surface area contributed by atoms with Crippen LogP contribution in [0.3, 0.4) is 0 Å². The van der Waals surface area contributed by atoms with Gasteiger partial charge in [-0.1, -0.05) is 22.0 Å². The number of aryl methyl sites for hydroxylation is 1. The summed E-state index contributed by atoms with van der Waals surface area (Å²) in [5.41, 5.74) is 2.26. The van der Waals surface area contributed by atoms with Crippen LogP contribution in [0, 0.1) is 6.92 Å². The Morgan fingerprint density at radius 1 is 1.41 bits per heavy atom. The van der Waals surface area contributed by atoms with Crippen LogP contribution in [0.4, 0.5) is 4.39 Å². The van der Waals surface area contributed by atoms with Gasteiger partial charge >= 0.3 is 0 Å². The van der Waals surface area contributed by atoms with E-state index in [1.807, 2.05) is 25.1 Å². The third-order valence-corrected chi connectivity index (χ3v) is 3.83. The number of rotatable bonds is 3. The molecule has 0 aliphatic carbocycles. The van der Waals surface area contributed by atoms with E-state index in [4.69, 9.17) is 0 Å². The van der Waals surface area contributed by atoms with Crippen molar-refractivity contribution in [3.63, 3.8) is 0 Å². The maximum Gasteiger partial charge on any atom is 0.109 e. The molecule has 0 amide bonds. The summed E-state index contributed by atoms with van der Waals surface area (Å²) in [5, 5.41) is 3.30. The van der Waals surface area contributed by atoms with Crippen molar-refractivity contribution in [3.05, 3.63) is 33.8 Å². The molecule has 0 unspecified atom stereocenters. The van der Waals surface area contributed by atoms with Crippen molar-refractivity contribution in [1.82, 2.24) is 10.2 Å². The van der Waals surface area contributed by atoms with E-state index in [0.717, 1.165) is 41.8 Å². The van der Waals surface area contributed by atoms with Crippen molar-refractivity contribution >= 4 is 15.9 Å². The summed E-state index contributed by atoms with van der Waals surface area (Å²) < 4.78 is 14.4. The zero-order chi connectivity index (χ0) is 12.3. The minimum atomic E-state index is -0.322. The van der Waals surface area contributed by atoms with Crippen molar-refractivity contribution in [3.8, 4) is 0 Å². The van der Waals surface area contributed by atoms with E-state index in [9.17, 15) is 4.39 Å². The fourth-order valence-electron chi connectivity index (χ4n) is 2.34. The van der Waals surface area contributed by atoms with E-state index >= 15 is 0 Å². The van der Waals surface area contributed by atoms with E-state index in [0.29, 0.717) is 0 Å². The Morgan fingerprint density at radius 2 is 2.12 bits per heavy atom. The number of alkyl halides is 1. The highest BCUT2D eigenvalue weighted by atomic mass is 79.9. The lowest BCUT2D eigenvalue weighted by Gasteiger charge is -2.34. The van der Waals surface area contributed by atoms with Gasteiger partial charge < -0.3 is 5.32 Å². The van der Waals surface area contributed by atoms with Gasteiger partial charge in [0, 0.05) is 30.7 Å². The average molecular weight is 301 g/mol. The van der Waals surface area contributed by atoms with Crippen LogP contribution in [-0.4, -0.2) is 37.8 Å². The lowest BCUT2D eigenvalue weighted by atomic mass is 10.0. The molecule has 0 saturated carbocycles. The molecule has 17 heavy (non-hydrogen) atoms. The predicted molar refractivity (Wildman–Crippen MR) is 72.0 cm³/mol. The van der Waals surface area contributed by atoms with Gasteiger partial charge in [0.15, 0.2) is 0 Å². The number of benzene rings is 1. The van der Waals surface area contributed by atoms with Gasteiger partial charge in [-0.3, -0.25) is 4.90 Å². The number of halogens is 2. The van der Waals surface area contributed by atoms with E-state index in [2.05, 4.69) is 26.1 Å². The number of nitrogens with zero attached hydrogens (tertiary/aromatic N) is 1. The Bertz CT molecular complexity index is 378. The SMILES string of the molecule is Cc1ccc(Br)cc1[C@@H](CF)N1CCNCC1. The predicted octanol–water partition coefficient (Wildman–Crippen LogP) is 2.67. The highest BCUT2D eigenvalue weighted by molar-refractivity contribution is 9.10. The molecule has 1 aromatic rings. The molecule has 0 aromatic heterocycles. The first kappa shape index (κ1) is 13.0. The van der Waals surface area contributed by atoms with Gasteiger partial charge in [0.2, 0.25) is 0 Å². The van der Waals surface area contributed by atoms with E-state index in [1.165, 1.54) is 0 Å². The summed E-state index contributed by atoms with van der Waals surface area (Å²) in [6.45, 7) is 5.46. The molecular weight excluding hydrogens is 283 g/mol. The molecule has 2 nitrogen and oxygen atoms in total. The van der Waals surface area contributed by atoms with Crippen LogP contribution in [-0.2, 0) is 0 Å². The number of nitrogens with one attached hydrogen (secondary N) is 1. The van der Waals surface area contributed by atoms with Crippen LogP contribution >= 0.6 is 15.9 Å². The largest absolute Gasteiger partial charge is 0.314 e. The molecule has 0 spiro atoms. The van der Waals surface area contributed by atoms with Crippen molar-refractivity contribution in [1.29, 1.82) is 0 Å². The summed E-state index contributed by atoms with van der Waals surface area (Å²) in [5.74, 6) is 0. The Kier molecular flexibility index (Phi) is 4.54. The third kappa shape index (κ3) is 3.06. The topological polar surface area (TPSA) is 15.3 Å². The van der Waals surface area contributed by atoms with Gasteiger partial charge in [-0.15, -0.1) is 0 Å². The Hall–Kier alpha value is -0.450. The molecule has 0 radical (unpaired) electrons. The third-order valence-electron chi connectivity index (χ3n) is 3.34. The Morgan fingerprint density at radius 3 is 2.76 bits per heavy atom. The lowest BCUT2D eigenvalue weighted by Crippen LogP contribution is -2.45. The maximum atomic E-state index is 13.4. The first-order valence-electron chi connectivity index (χ1n) is 5.99. The molecule has 1 aliphatic rings. The van der Waals surface area contributed by atoms with Crippen molar-refractivity contribution in [2.24, 2.45) is 0 Å². The molecule has 1 atom stereocenters. The van der Waals surface area contributed by atoms with E-state index in [1.54, 1.807) is 0 Å². The van der Waals surface area contributed by atoms with Crippen LogP contribution in [0.15, 0.2) is 22.7 Å². The summed E-state index contributed by atoms with van der Waals surface area (Å²) in [6.07, 6.45) is 0. The second-order valence-electron chi connectivity index (χ2n) is 4.46. The van der Waals surface area contributed by atoms with Crippen LogP contribution < -0.4 is 5.32 Å². The number of hydrogen-bond acceptors (Lipinski definition) is 2. The first-order chi connectivity index (χ1) is 8.22. The molecule has 1 fully saturated rings. The lowest BCUT2D eigenvalue weighted by molar-refractivity contribution is 0.147.